The van der Waals surface area contributed by atoms with Gasteiger partial charge in [0, 0.05) is 36.0 Å². The van der Waals surface area contributed by atoms with Crippen molar-refractivity contribution in [2.45, 2.75) is 104 Å². The van der Waals surface area contributed by atoms with Gasteiger partial charge in [-0.3, -0.25) is 4.79 Å². The van der Waals surface area contributed by atoms with Crippen LogP contribution in [0.4, 0.5) is 0 Å². The Kier molecular flexibility index (Phi) is 19.6. The first kappa shape index (κ1) is 26.3. The molecule has 1 atom stereocenters. The quantitative estimate of drug-likeness (QED) is 0.219. The van der Waals surface area contributed by atoms with Gasteiger partial charge >= 0.3 is 11.9 Å². The van der Waals surface area contributed by atoms with E-state index in [9.17, 15) is 9.59 Å². The molecule has 0 aliphatic heterocycles. The zero-order chi connectivity index (χ0) is 17.5. The zero-order valence-electron chi connectivity index (χ0n) is 16.4. The van der Waals surface area contributed by atoms with E-state index in [1.807, 2.05) is 13.8 Å². The Morgan fingerprint density at radius 3 is 1.67 bits per heavy atom. The minimum atomic E-state index is -0.712. The standard InChI is InChI=1S/C19H37NO3.Na/c1-4-5-6-7-8-9-10-11-12-13-14-15-17(21)23-19(22)18(20)16(2)3;/h16,18H,4-15,20H2,1-3H3;/t18-;/m0./s1. The van der Waals surface area contributed by atoms with Crippen molar-refractivity contribution in [1.82, 2.24) is 0 Å². The van der Waals surface area contributed by atoms with E-state index < -0.39 is 18.0 Å². The van der Waals surface area contributed by atoms with Crippen molar-refractivity contribution in [3.05, 3.63) is 0 Å². The summed E-state index contributed by atoms with van der Waals surface area (Å²) in [6, 6.07) is -0.712. The second-order valence-corrected chi connectivity index (χ2v) is 6.85. The number of rotatable bonds is 14. The molecule has 0 bridgehead atoms. The molecule has 0 aromatic rings. The molecule has 0 saturated heterocycles. The van der Waals surface area contributed by atoms with Gasteiger partial charge in [-0.15, -0.1) is 0 Å². The maximum absolute atomic E-state index is 11.5. The van der Waals surface area contributed by atoms with Gasteiger partial charge in [0.1, 0.15) is 6.04 Å². The normalized spacial score (nSPS) is 11.9. The zero-order valence-corrected chi connectivity index (χ0v) is 18.4. The molecule has 0 unspecified atom stereocenters. The smallest absolute Gasteiger partial charge is 0.330 e. The third kappa shape index (κ3) is 15.6. The summed E-state index contributed by atoms with van der Waals surface area (Å²) in [6.07, 6.45) is 13.9. The number of nitrogens with two attached hydrogens (primary N) is 1. The fourth-order valence-electron chi connectivity index (χ4n) is 2.44. The molecule has 5 heteroatoms. The van der Waals surface area contributed by atoms with E-state index in [4.69, 9.17) is 10.5 Å². The monoisotopic (exact) mass is 350 g/mol. The van der Waals surface area contributed by atoms with Crippen LogP contribution >= 0.6 is 0 Å². The van der Waals surface area contributed by atoms with Gasteiger partial charge in [-0.2, -0.15) is 0 Å². The van der Waals surface area contributed by atoms with Crippen LogP contribution in [0, 0.1) is 5.92 Å². The van der Waals surface area contributed by atoms with E-state index in [1.165, 1.54) is 51.4 Å². The van der Waals surface area contributed by atoms with Crippen LogP contribution in [0.1, 0.15) is 97.8 Å². The Hall–Kier alpha value is 0.1000. The Balaban J connectivity index is 0. The fraction of sp³-hybridized carbons (Fsp3) is 0.895. The van der Waals surface area contributed by atoms with Crippen LogP contribution in [0.25, 0.3) is 0 Å². The number of hydrogen-bond acceptors (Lipinski definition) is 4. The van der Waals surface area contributed by atoms with Gasteiger partial charge in [-0.05, 0) is 12.3 Å². The topological polar surface area (TPSA) is 69.4 Å². The number of hydrogen-bond donors (Lipinski definition) is 1. The molecule has 4 nitrogen and oxygen atoms in total. The summed E-state index contributed by atoms with van der Waals surface area (Å²) in [7, 11) is 0. The maximum Gasteiger partial charge on any atom is 0.330 e. The van der Waals surface area contributed by atoms with Crippen LogP contribution in [-0.4, -0.2) is 47.5 Å². The summed E-state index contributed by atoms with van der Waals surface area (Å²) in [6.45, 7) is 5.91. The van der Waals surface area contributed by atoms with E-state index in [0.717, 1.165) is 19.3 Å². The average molecular weight is 350 g/mol. The van der Waals surface area contributed by atoms with Gasteiger partial charge in [-0.25, -0.2) is 4.79 Å². The average Bonchev–Trinajstić information content (AvgIpc) is 2.51. The van der Waals surface area contributed by atoms with Crippen molar-refractivity contribution in [3.8, 4) is 0 Å². The van der Waals surface area contributed by atoms with Gasteiger partial charge < -0.3 is 10.5 Å². The third-order valence-electron chi connectivity index (χ3n) is 4.19. The van der Waals surface area contributed by atoms with E-state index in [2.05, 4.69) is 6.92 Å². The van der Waals surface area contributed by atoms with Crippen LogP contribution in [0.15, 0.2) is 0 Å². The molecule has 0 fully saturated rings. The first-order valence-electron chi connectivity index (χ1n) is 9.49. The van der Waals surface area contributed by atoms with Crippen molar-refractivity contribution >= 4 is 41.5 Å². The van der Waals surface area contributed by atoms with Gasteiger partial charge in [0.05, 0.1) is 0 Å². The molecule has 0 amide bonds. The number of carbonyl (C=O) groups is 2. The van der Waals surface area contributed by atoms with Crippen LogP contribution in [0.5, 0.6) is 0 Å². The predicted molar refractivity (Wildman–Crippen MR) is 101 cm³/mol. The molecule has 24 heavy (non-hydrogen) atoms. The Labute approximate surface area is 170 Å². The van der Waals surface area contributed by atoms with Crippen molar-refractivity contribution in [2.75, 3.05) is 0 Å². The van der Waals surface area contributed by atoms with Crippen LogP contribution < -0.4 is 5.73 Å². The molecule has 0 aromatic carbocycles. The molecule has 0 heterocycles. The third-order valence-corrected chi connectivity index (χ3v) is 4.19. The summed E-state index contributed by atoms with van der Waals surface area (Å²) < 4.78 is 4.76. The number of carbonyl (C=O) groups excluding carboxylic acids is 2. The van der Waals surface area contributed by atoms with Crippen molar-refractivity contribution in [1.29, 1.82) is 0 Å². The summed E-state index contributed by atoms with van der Waals surface area (Å²) in [5.74, 6) is -1.06. The number of esters is 2. The summed E-state index contributed by atoms with van der Waals surface area (Å²) in [5, 5.41) is 0. The van der Waals surface area contributed by atoms with Crippen LogP contribution in [0.2, 0.25) is 0 Å². The van der Waals surface area contributed by atoms with E-state index >= 15 is 0 Å². The number of ether oxygens (including phenoxy) is 1. The molecule has 137 valence electrons. The molecule has 0 aliphatic carbocycles. The minimum Gasteiger partial charge on any atom is -0.392 e. The van der Waals surface area contributed by atoms with Gasteiger partial charge in [0.2, 0.25) is 0 Å². The molecular weight excluding hydrogens is 313 g/mol. The molecule has 0 spiro atoms. The van der Waals surface area contributed by atoms with Gasteiger partial charge in [0.25, 0.3) is 0 Å². The van der Waals surface area contributed by atoms with E-state index in [1.54, 1.807) is 0 Å². The molecule has 0 aliphatic rings. The van der Waals surface area contributed by atoms with Crippen molar-refractivity contribution in [2.24, 2.45) is 11.7 Å². The van der Waals surface area contributed by atoms with Gasteiger partial charge in [0.15, 0.2) is 0 Å². The molecular formula is C19H37NNaO3. The van der Waals surface area contributed by atoms with E-state index in [-0.39, 0.29) is 35.5 Å². The maximum atomic E-state index is 11.5. The first-order chi connectivity index (χ1) is 11.0. The van der Waals surface area contributed by atoms with Crippen molar-refractivity contribution in [3.63, 3.8) is 0 Å². The number of unbranched alkanes of at least 4 members (excludes halogenated alkanes) is 10. The molecule has 2 N–H and O–H groups in total. The Bertz CT molecular complexity index is 322. The summed E-state index contributed by atoms with van der Waals surface area (Å²) in [5.41, 5.74) is 5.64. The van der Waals surface area contributed by atoms with Crippen LogP contribution in [0.3, 0.4) is 0 Å². The molecule has 0 saturated carbocycles. The van der Waals surface area contributed by atoms with E-state index in [0.29, 0.717) is 6.42 Å². The SMILES string of the molecule is CCCCCCCCCCCCCC(=O)OC(=O)[C@@H](N)C(C)C.[Na]. The second kappa shape index (κ2) is 17.9. The summed E-state index contributed by atoms with van der Waals surface area (Å²) in [4.78, 5) is 23.1. The largest absolute Gasteiger partial charge is 0.392 e. The van der Waals surface area contributed by atoms with Crippen molar-refractivity contribution < 1.29 is 14.3 Å². The molecule has 1 radical (unpaired) electrons. The second-order valence-electron chi connectivity index (χ2n) is 6.85. The minimum absolute atomic E-state index is 0. The van der Waals surface area contributed by atoms with Crippen LogP contribution in [-0.2, 0) is 14.3 Å². The fourth-order valence-corrected chi connectivity index (χ4v) is 2.44. The Morgan fingerprint density at radius 2 is 1.25 bits per heavy atom. The predicted octanol–water partition coefficient (Wildman–Crippen LogP) is 4.36. The molecule has 0 rings (SSSR count). The summed E-state index contributed by atoms with van der Waals surface area (Å²) >= 11 is 0. The first-order valence-corrected chi connectivity index (χ1v) is 9.49. The molecule has 0 aromatic heterocycles. The van der Waals surface area contributed by atoms with Gasteiger partial charge in [-0.1, -0.05) is 85.0 Å². The Morgan fingerprint density at radius 1 is 0.833 bits per heavy atom.